The summed E-state index contributed by atoms with van der Waals surface area (Å²) in [5, 5.41) is 15.0. The SMILES string of the molecule is COc1ccc(OC)c(NC(=O)c2ccc(Nc3ccccc3C#N)nc2)c1. The van der Waals surface area contributed by atoms with Crippen LogP contribution in [-0.2, 0) is 0 Å². The molecule has 2 N–H and O–H groups in total. The van der Waals surface area contributed by atoms with Gasteiger partial charge < -0.3 is 20.1 Å². The molecule has 0 radical (unpaired) electrons. The minimum atomic E-state index is -0.331. The lowest BCUT2D eigenvalue weighted by Gasteiger charge is -2.12. The number of amides is 1. The summed E-state index contributed by atoms with van der Waals surface area (Å²) in [6.07, 6.45) is 1.46. The Morgan fingerprint density at radius 2 is 1.86 bits per heavy atom. The van der Waals surface area contributed by atoms with Crippen LogP contribution in [0.3, 0.4) is 0 Å². The molecular formula is C21H18N4O3. The Hall–Kier alpha value is -4.05. The molecule has 140 valence electrons. The molecule has 0 saturated carbocycles. The van der Waals surface area contributed by atoms with Crippen molar-refractivity contribution in [3.8, 4) is 17.6 Å². The quantitative estimate of drug-likeness (QED) is 0.678. The van der Waals surface area contributed by atoms with Crippen molar-refractivity contribution in [1.29, 1.82) is 5.26 Å². The third-order valence-electron chi connectivity index (χ3n) is 3.99. The first kappa shape index (κ1) is 18.7. The number of carbonyl (C=O) groups is 1. The smallest absolute Gasteiger partial charge is 0.257 e. The summed E-state index contributed by atoms with van der Waals surface area (Å²) in [7, 11) is 3.08. The van der Waals surface area contributed by atoms with Crippen molar-refractivity contribution in [3.63, 3.8) is 0 Å². The van der Waals surface area contributed by atoms with Gasteiger partial charge in [-0.1, -0.05) is 12.1 Å². The Morgan fingerprint density at radius 3 is 2.54 bits per heavy atom. The number of para-hydroxylation sites is 1. The number of hydrogen-bond acceptors (Lipinski definition) is 6. The van der Waals surface area contributed by atoms with E-state index in [9.17, 15) is 4.79 Å². The number of nitrogens with one attached hydrogen (secondary N) is 2. The van der Waals surface area contributed by atoms with Crippen LogP contribution in [0.1, 0.15) is 15.9 Å². The molecule has 3 rings (SSSR count). The van der Waals surface area contributed by atoms with Crippen LogP contribution >= 0.6 is 0 Å². The zero-order chi connectivity index (χ0) is 19.9. The Balaban J connectivity index is 1.75. The first-order valence-corrected chi connectivity index (χ1v) is 8.40. The topological polar surface area (TPSA) is 96.3 Å². The third-order valence-corrected chi connectivity index (χ3v) is 3.99. The van der Waals surface area contributed by atoms with Gasteiger partial charge in [0, 0.05) is 12.3 Å². The molecule has 0 atom stereocenters. The lowest BCUT2D eigenvalue weighted by atomic mass is 10.2. The van der Waals surface area contributed by atoms with Gasteiger partial charge in [-0.15, -0.1) is 0 Å². The summed E-state index contributed by atoms with van der Waals surface area (Å²) in [5.74, 6) is 1.32. The second kappa shape index (κ2) is 8.56. The minimum Gasteiger partial charge on any atom is -0.497 e. The van der Waals surface area contributed by atoms with Gasteiger partial charge in [0.05, 0.1) is 36.7 Å². The zero-order valence-electron chi connectivity index (χ0n) is 15.4. The van der Waals surface area contributed by atoms with E-state index in [1.807, 2.05) is 6.07 Å². The molecule has 3 aromatic rings. The molecule has 0 spiro atoms. The van der Waals surface area contributed by atoms with Gasteiger partial charge in [0.25, 0.3) is 5.91 Å². The highest BCUT2D eigenvalue weighted by Crippen LogP contribution is 2.29. The lowest BCUT2D eigenvalue weighted by Crippen LogP contribution is -2.13. The average molecular weight is 374 g/mol. The van der Waals surface area contributed by atoms with Crippen LogP contribution < -0.4 is 20.1 Å². The fraction of sp³-hybridized carbons (Fsp3) is 0.0952. The summed E-state index contributed by atoms with van der Waals surface area (Å²) >= 11 is 0. The van der Waals surface area contributed by atoms with Gasteiger partial charge in [0.1, 0.15) is 23.4 Å². The van der Waals surface area contributed by atoms with E-state index in [1.165, 1.54) is 13.3 Å². The van der Waals surface area contributed by atoms with Crippen LogP contribution in [0.4, 0.5) is 17.2 Å². The number of rotatable bonds is 6. The number of aromatic nitrogens is 1. The highest BCUT2D eigenvalue weighted by molar-refractivity contribution is 6.05. The normalized spacial score (nSPS) is 9.89. The van der Waals surface area contributed by atoms with Gasteiger partial charge in [-0.05, 0) is 36.4 Å². The Kier molecular flexibility index (Phi) is 5.72. The Bertz CT molecular complexity index is 1030. The van der Waals surface area contributed by atoms with Crippen LogP contribution in [0.5, 0.6) is 11.5 Å². The predicted molar refractivity (Wildman–Crippen MR) is 106 cm³/mol. The van der Waals surface area contributed by atoms with Crippen molar-refractivity contribution in [2.75, 3.05) is 24.9 Å². The Morgan fingerprint density at radius 1 is 1.04 bits per heavy atom. The molecule has 0 aliphatic heterocycles. The first-order valence-electron chi connectivity index (χ1n) is 8.40. The zero-order valence-corrected chi connectivity index (χ0v) is 15.4. The summed E-state index contributed by atoms with van der Waals surface area (Å²) in [6.45, 7) is 0. The fourth-order valence-electron chi connectivity index (χ4n) is 2.54. The van der Waals surface area contributed by atoms with Crippen molar-refractivity contribution >= 4 is 23.1 Å². The van der Waals surface area contributed by atoms with Gasteiger partial charge >= 0.3 is 0 Å². The molecule has 0 aliphatic carbocycles. The number of hydrogen-bond donors (Lipinski definition) is 2. The van der Waals surface area contributed by atoms with E-state index in [0.29, 0.717) is 39.8 Å². The fourth-order valence-corrected chi connectivity index (χ4v) is 2.54. The molecular weight excluding hydrogens is 356 g/mol. The van der Waals surface area contributed by atoms with E-state index >= 15 is 0 Å². The largest absolute Gasteiger partial charge is 0.497 e. The molecule has 7 nitrogen and oxygen atoms in total. The molecule has 28 heavy (non-hydrogen) atoms. The van der Waals surface area contributed by atoms with Gasteiger partial charge in [-0.2, -0.15) is 5.26 Å². The highest BCUT2D eigenvalue weighted by atomic mass is 16.5. The highest BCUT2D eigenvalue weighted by Gasteiger charge is 2.12. The Labute approximate surface area is 162 Å². The number of anilines is 3. The standard InChI is InChI=1S/C21H18N4O3/c1-27-16-8-9-19(28-2)18(11-16)25-21(26)15-7-10-20(23-13-15)24-17-6-4-3-5-14(17)12-22/h3-11,13H,1-2H3,(H,23,24)(H,25,26). The summed E-state index contributed by atoms with van der Waals surface area (Å²) in [5.41, 5.74) is 2.04. The number of ether oxygens (including phenoxy) is 2. The van der Waals surface area contributed by atoms with E-state index in [0.717, 1.165) is 0 Å². The lowest BCUT2D eigenvalue weighted by molar-refractivity contribution is 0.102. The molecule has 0 bridgehead atoms. The number of nitriles is 1. The second-order valence-electron chi connectivity index (χ2n) is 5.73. The first-order chi connectivity index (χ1) is 13.6. The minimum absolute atomic E-state index is 0.331. The number of pyridine rings is 1. The van der Waals surface area contributed by atoms with E-state index < -0.39 is 0 Å². The van der Waals surface area contributed by atoms with Gasteiger partial charge in [0.15, 0.2) is 0 Å². The number of carbonyl (C=O) groups excluding carboxylic acids is 1. The molecule has 1 aromatic heterocycles. The third kappa shape index (κ3) is 4.19. The van der Waals surface area contributed by atoms with E-state index in [2.05, 4.69) is 21.7 Å². The van der Waals surface area contributed by atoms with Crippen LogP contribution in [0, 0.1) is 11.3 Å². The van der Waals surface area contributed by atoms with Crippen molar-refractivity contribution in [2.24, 2.45) is 0 Å². The van der Waals surface area contributed by atoms with Crippen molar-refractivity contribution < 1.29 is 14.3 Å². The number of benzene rings is 2. The van der Waals surface area contributed by atoms with E-state index in [-0.39, 0.29) is 5.91 Å². The molecule has 7 heteroatoms. The molecule has 1 heterocycles. The molecule has 1 amide bonds. The average Bonchev–Trinajstić information content (AvgIpc) is 2.74. The monoisotopic (exact) mass is 374 g/mol. The van der Waals surface area contributed by atoms with Crippen LogP contribution in [0.2, 0.25) is 0 Å². The number of nitrogens with zero attached hydrogens (tertiary/aromatic N) is 2. The molecule has 0 unspecified atom stereocenters. The molecule has 0 saturated heterocycles. The summed E-state index contributed by atoms with van der Waals surface area (Å²) < 4.78 is 10.4. The van der Waals surface area contributed by atoms with Gasteiger partial charge in [-0.25, -0.2) is 4.98 Å². The maximum atomic E-state index is 12.5. The van der Waals surface area contributed by atoms with Crippen LogP contribution in [0.25, 0.3) is 0 Å². The van der Waals surface area contributed by atoms with E-state index in [4.69, 9.17) is 14.7 Å². The van der Waals surface area contributed by atoms with Crippen LogP contribution in [0.15, 0.2) is 60.8 Å². The molecule has 0 aliphatic rings. The van der Waals surface area contributed by atoms with Gasteiger partial charge in [0.2, 0.25) is 0 Å². The van der Waals surface area contributed by atoms with Crippen LogP contribution in [-0.4, -0.2) is 25.1 Å². The molecule has 2 aromatic carbocycles. The second-order valence-corrected chi connectivity index (χ2v) is 5.73. The predicted octanol–water partition coefficient (Wildman–Crippen LogP) is 3.97. The van der Waals surface area contributed by atoms with Crippen molar-refractivity contribution in [3.05, 3.63) is 71.9 Å². The number of methoxy groups -OCH3 is 2. The summed E-state index contributed by atoms with van der Waals surface area (Å²) in [6, 6.07) is 17.7. The van der Waals surface area contributed by atoms with Gasteiger partial charge in [-0.3, -0.25) is 4.79 Å². The summed E-state index contributed by atoms with van der Waals surface area (Å²) in [4.78, 5) is 16.8. The maximum Gasteiger partial charge on any atom is 0.257 e. The molecule has 0 fully saturated rings. The van der Waals surface area contributed by atoms with Crippen molar-refractivity contribution in [1.82, 2.24) is 4.98 Å². The van der Waals surface area contributed by atoms with Crippen molar-refractivity contribution in [2.45, 2.75) is 0 Å². The van der Waals surface area contributed by atoms with E-state index in [1.54, 1.807) is 55.6 Å². The maximum absolute atomic E-state index is 12.5.